The molecular formula is C11H20N2OS. The van der Waals surface area contributed by atoms with Crippen molar-refractivity contribution in [3.05, 3.63) is 22.4 Å². The molecule has 4 heteroatoms. The van der Waals surface area contributed by atoms with Gasteiger partial charge in [-0.1, -0.05) is 19.9 Å². The summed E-state index contributed by atoms with van der Waals surface area (Å²) in [4.78, 5) is 1.36. The molecule has 0 bridgehead atoms. The maximum absolute atomic E-state index is 9.30. The van der Waals surface area contributed by atoms with Crippen LogP contribution in [0.1, 0.15) is 18.7 Å². The molecule has 0 saturated carbocycles. The van der Waals surface area contributed by atoms with Gasteiger partial charge in [-0.3, -0.25) is 0 Å². The lowest BCUT2D eigenvalue weighted by Crippen LogP contribution is -2.39. The molecule has 1 unspecified atom stereocenters. The van der Waals surface area contributed by atoms with Gasteiger partial charge in [-0.05, 0) is 11.4 Å². The van der Waals surface area contributed by atoms with E-state index in [4.69, 9.17) is 5.73 Å². The van der Waals surface area contributed by atoms with E-state index in [0.29, 0.717) is 13.1 Å². The van der Waals surface area contributed by atoms with Gasteiger partial charge in [-0.25, -0.2) is 0 Å². The van der Waals surface area contributed by atoms with E-state index in [1.54, 1.807) is 11.3 Å². The van der Waals surface area contributed by atoms with Gasteiger partial charge in [0.15, 0.2) is 0 Å². The summed E-state index contributed by atoms with van der Waals surface area (Å²) in [5.41, 5.74) is 5.44. The first-order valence-electron chi connectivity index (χ1n) is 5.19. The molecule has 0 spiro atoms. The van der Waals surface area contributed by atoms with E-state index in [2.05, 4.69) is 36.7 Å². The first-order chi connectivity index (χ1) is 7.06. The van der Waals surface area contributed by atoms with Crippen molar-refractivity contribution in [3.8, 4) is 0 Å². The number of aliphatic hydroxyl groups is 1. The quantitative estimate of drug-likeness (QED) is 0.679. The fourth-order valence-electron chi connectivity index (χ4n) is 1.39. The summed E-state index contributed by atoms with van der Waals surface area (Å²) >= 11 is 1.77. The van der Waals surface area contributed by atoms with Crippen LogP contribution in [-0.2, 0) is 5.41 Å². The van der Waals surface area contributed by atoms with E-state index in [-0.39, 0.29) is 5.41 Å². The second kappa shape index (κ2) is 5.61. The number of nitrogens with two attached hydrogens (primary N) is 1. The topological polar surface area (TPSA) is 58.3 Å². The highest BCUT2D eigenvalue weighted by molar-refractivity contribution is 7.10. The lowest BCUT2D eigenvalue weighted by molar-refractivity contribution is 0.177. The van der Waals surface area contributed by atoms with Gasteiger partial charge < -0.3 is 16.2 Å². The van der Waals surface area contributed by atoms with Crippen molar-refractivity contribution in [2.24, 2.45) is 5.73 Å². The lowest BCUT2D eigenvalue weighted by atomic mass is 9.91. The van der Waals surface area contributed by atoms with E-state index >= 15 is 0 Å². The van der Waals surface area contributed by atoms with Gasteiger partial charge in [0.25, 0.3) is 0 Å². The molecule has 0 amide bonds. The molecular weight excluding hydrogens is 208 g/mol. The van der Waals surface area contributed by atoms with Crippen LogP contribution in [0.3, 0.4) is 0 Å². The Hall–Kier alpha value is -0.420. The first-order valence-corrected chi connectivity index (χ1v) is 6.07. The zero-order chi connectivity index (χ0) is 11.3. The molecule has 1 heterocycles. The van der Waals surface area contributed by atoms with Gasteiger partial charge in [0.2, 0.25) is 0 Å². The summed E-state index contributed by atoms with van der Waals surface area (Å²) < 4.78 is 0. The number of rotatable bonds is 6. The van der Waals surface area contributed by atoms with Crippen molar-refractivity contribution in [3.63, 3.8) is 0 Å². The van der Waals surface area contributed by atoms with Gasteiger partial charge in [0.1, 0.15) is 0 Å². The maximum atomic E-state index is 9.30. The molecule has 0 aliphatic rings. The number of hydrogen-bond donors (Lipinski definition) is 3. The molecule has 0 fully saturated rings. The monoisotopic (exact) mass is 228 g/mol. The molecule has 1 aromatic heterocycles. The largest absolute Gasteiger partial charge is 0.390 e. The van der Waals surface area contributed by atoms with Gasteiger partial charge in [0, 0.05) is 29.9 Å². The molecule has 1 atom stereocenters. The third kappa shape index (κ3) is 3.91. The highest BCUT2D eigenvalue weighted by atomic mass is 32.1. The third-order valence-corrected chi connectivity index (χ3v) is 3.64. The van der Waals surface area contributed by atoms with Crippen LogP contribution in [0.15, 0.2) is 17.5 Å². The number of aliphatic hydroxyl groups excluding tert-OH is 1. The Morgan fingerprint density at radius 1 is 1.60 bits per heavy atom. The fourth-order valence-corrected chi connectivity index (χ4v) is 2.24. The van der Waals surface area contributed by atoms with Crippen LogP contribution in [0.4, 0.5) is 0 Å². The molecule has 4 N–H and O–H groups in total. The standard InChI is InChI=1S/C11H20N2OS/c1-11(2,10-4-3-5-15-10)8-13-7-9(14)6-12/h3-5,9,13-14H,6-8,12H2,1-2H3. The van der Waals surface area contributed by atoms with Crippen molar-refractivity contribution < 1.29 is 5.11 Å². The fraction of sp³-hybridized carbons (Fsp3) is 0.636. The summed E-state index contributed by atoms with van der Waals surface area (Å²) in [6.07, 6.45) is -0.441. The number of hydrogen-bond acceptors (Lipinski definition) is 4. The second-order valence-corrected chi connectivity index (χ2v) is 5.33. The van der Waals surface area contributed by atoms with Crippen molar-refractivity contribution in [1.82, 2.24) is 5.32 Å². The van der Waals surface area contributed by atoms with Gasteiger partial charge in [-0.2, -0.15) is 0 Å². The Kier molecular flexibility index (Phi) is 4.73. The zero-order valence-corrected chi connectivity index (χ0v) is 10.2. The summed E-state index contributed by atoms with van der Waals surface area (Å²) in [6.45, 7) is 6.11. The Balaban J connectivity index is 2.37. The van der Waals surface area contributed by atoms with Gasteiger partial charge >= 0.3 is 0 Å². The summed E-state index contributed by atoms with van der Waals surface area (Å²) in [5, 5.41) is 14.6. The van der Waals surface area contributed by atoms with Crippen LogP contribution in [0.2, 0.25) is 0 Å². The predicted octanol–water partition coefficient (Wildman–Crippen LogP) is 0.935. The molecule has 0 aliphatic carbocycles. The Morgan fingerprint density at radius 3 is 2.87 bits per heavy atom. The van der Waals surface area contributed by atoms with Crippen LogP contribution in [0.25, 0.3) is 0 Å². The van der Waals surface area contributed by atoms with Crippen molar-refractivity contribution in [1.29, 1.82) is 0 Å². The predicted molar refractivity (Wildman–Crippen MR) is 65.3 cm³/mol. The van der Waals surface area contributed by atoms with E-state index in [1.807, 2.05) is 0 Å². The van der Waals surface area contributed by atoms with Crippen LogP contribution in [-0.4, -0.2) is 30.8 Å². The summed E-state index contributed by atoms with van der Waals surface area (Å²) in [5.74, 6) is 0. The minimum Gasteiger partial charge on any atom is -0.390 e. The zero-order valence-electron chi connectivity index (χ0n) is 9.36. The normalized spacial score (nSPS) is 14.1. The van der Waals surface area contributed by atoms with Crippen LogP contribution < -0.4 is 11.1 Å². The molecule has 1 aromatic rings. The molecule has 1 rings (SSSR count). The van der Waals surface area contributed by atoms with Crippen LogP contribution in [0, 0.1) is 0 Å². The second-order valence-electron chi connectivity index (χ2n) is 4.38. The molecule has 0 saturated heterocycles. The highest BCUT2D eigenvalue weighted by Crippen LogP contribution is 2.26. The van der Waals surface area contributed by atoms with Crippen LogP contribution in [0.5, 0.6) is 0 Å². The molecule has 86 valence electrons. The minimum absolute atomic E-state index is 0.114. The smallest absolute Gasteiger partial charge is 0.0786 e. The Labute approximate surface area is 95.3 Å². The van der Waals surface area contributed by atoms with Gasteiger partial charge in [-0.15, -0.1) is 11.3 Å². The van der Waals surface area contributed by atoms with E-state index in [9.17, 15) is 5.11 Å². The molecule has 0 radical (unpaired) electrons. The molecule has 3 nitrogen and oxygen atoms in total. The molecule has 0 aliphatic heterocycles. The maximum Gasteiger partial charge on any atom is 0.0786 e. The average molecular weight is 228 g/mol. The number of nitrogens with one attached hydrogen (secondary N) is 1. The molecule has 15 heavy (non-hydrogen) atoms. The average Bonchev–Trinajstić information content (AvgIpc) is 2.70. The SMILES string of the molecule is CC(C)(CNCC(O)CN)c1cccs1. The lowest BCUT2D eigenvalue weighted by Gasteiger charge is -2.24. The Bertz CT molecular complexity index is 272. The first kappa shape index (κ1) is 12.6. The number of thiophene rings is 1. The summed E-state index contributed by atoms with van der Waals surface area (Å²) in [6, 6.07) is 4.21. The van der Waals surface area contributed by atoms with Crippen molar-refractivity contribution >= 4 is 11.3 Å². The van der Waals surface area contributed by atoms with E-state index in [1.165, 1.54) is 4.88 Å². The van der Waals surface area contributed by atoms with E-state index < -0.39 is 6.10 Å². The minimum atomic E-state index is -0.441. The van der Waals surface area contributed by atoms with Crippen molar-refractivity contribution in [2.75, 3.05) is 19.6 Å². The molecule has 0 aromatic carbocycles. The highest BCUT2D eigenvalue weighted by Gasteiger charge is 2.21. The van der Waals surface area contributed by atoms with Gasteiger partial charge in [0.05, 0.1) is 6.10 Å². The van der Waals surface area contributed by atoms with Crippen molar-refractivity contribution in [2.45, 2.75) is 25.4 Å². The Morgan fingerprint density at radius 2 is 2.33 bits per heavy atom. The summed E-state index contributed by atoms with van der Waals surface area (Å²) in [7, 11) is 0. The van der Waals surface area contributed by atoms with Crippen LogP contribution >= 0.6 is 11.3 Å². The van der Waals surface area contributed by atoms with E-state index in [0.717, 1.165) is 6.54 Å². The third-order valence-electron chi connectivity index (χ3n) is 2.41.